The minimum absolute atomic E-state index is 0.105. The average Bonchev–Trinajstić information content (AvgIpc) is 3.39. The van der Waals surface area contributed by atoms with Crippen LogP contribution in [0, 0.1) is 0 Å². The van der Waals surface area contributed by atoms with Gasteiger partial charge < -0.3 is 10.1 Å². The molecule has 27 heavy (non-hydrogen) atoms. The number of nitrogens with zero attached hydrogens (tertiary/aromatic N) is 1. The molecule has 3 aliphatic rings. The normalized spacial score (nSPS) is 21.8. The minimum atomic E-state index is -0.177. The number of ether oxygens (including phenoxy) is 1. The van der Waals surface area contributed by atoms with Crippen LogP contribution in [0.3, 0.4) is 0 Å². The Labute approximate surface area is 164 Å². The SMILES string of the molecule is O=C(NC1CC1)c1cc2c(s1)C1(CCN(Cc3ccccc3)CC1)OCC2. The molecule has 0 bridgehead atoms. The lowest BCUT2D eigenvalue weighted by Crippen LogP contribution is -2.45. The van der Waals surface area contributed by atoms with Gasteiger partial charge >= 0.3 is 0 Å². The van der Waals surface area contributed by atoms with Crippen LogP contribution in [0.2, 0.25) is 0 Å². The van der Waals surface area contributed by atoms with Crippen molar-refractivity contribution in [2.24, 2.45) is 0 Å². The lowest BCUT2D eigenvalue weighted by atomic mass is 9.85. The Hall–Kier alpha value is -1.69. The molecule has 1 aromatic heterocycles. The fourth-order valence-corrected chi connectivity index (χ4v) is 5.62. The molecule has 1 spiro atoms. The Kier molecular flexibility index (Phi) is 4.54. The number of hydrogen-bond acceptors (Lipinski definition) is 4. The number of amides is 1. The highest BCUT2D eigenvalue weighted by Crippen LogP contribution is 2.45. The molecular weight excluding hydrogens is 356 g/mol. The van der Waals surface area contributed by atoms with E-state index >= 15 is 0 Å². The maximum atomic E-state index is 12.5. The second-order valence-electron chi connectivity index (χ2n) is 8.07. The zero-order chi connectivity index (χ0) is 18.3. The molecule has 2 aromatic rings. The molecule has 1 aliphatic carbocycles. The Balaban J connectivity index is 1.30. The van der Waals surface area contributed by atoms with Crippen molar-refractivity contribution in [2.75, 3.05) is 19.7 Å². The molecule has 142 valence electrons. The standard InChI is InChI=1S/C22H26N2O2S/c25-21(23-18-6-7-18)19-14-17-8-13-26-22(20(17)27-19)9-11-24(12-10-22)15-16-4-2-1-3-5-16/h1-5,14,18H,6-13,15H2,(H,23,25). The van der Waals surface area contributed by atoms with Crippen LogP contribution < -0.4 is 5.32 Å². The third-order valence-electron chi connectivity index (χ3n) is 6.02. The molecule has 0 radical (unpaired) electrons. The van der Waals surface area contributed by atoms with Crippen molar-refractivity contribution in [3.05, 3.63) is 57.3 Å². The number of carbonyl (C=O) groups excluding carboxylic acids is 1. The summed E-state index contributed by atoms with van der Waals surface area (Å²) in [5.41, 5.74) is 2.53. The summed E-state index contributed by atoms with van der Waals surface area (Å²) in [5.74, 6) is 0.105. The topological polar surface area (TPSA) is 41.6 Å². The molecule has 3 heterocycles. The highest BCUT2D eigenvalue weighted by molar-refractivity contribution is 7.14. The van der Waals surface area contributed by atoms with Gasteiger partial charge in [0.25, 0.3) is 5.91 Å². The van der Waals surface area contributed by atoms with Gasteiger partial charge in [-0.25, -0.2) is 0 Å². The van der Waals surface area contributed by atoms with E-state index in [1.165, 1.54) is 16.0 Å². The first-order valence-corrected chi connectivity index (χ1v) is 10.9. The van der Waals surface area contributed by atoms with E-state index in [9.17, 15) is 4.79 Å². The second kappa shape index (κ2) is 7.04. The van der Waals surface area contributed by atoms with Gasteiger partial charge in [-0.05, 0) is 49.3 Å². The van der Waals surface area contributed by atoms with E-state index in [2.05, 4.69) is 46.6 Å². The summed E-state index contributed by atoms with van der Waals surface area (Å²) in [6.45, 7) is 3.85. The number of carbonyl (C=O) groups is 1. The molecular formula is C22H26N2O2S. The zero-order valence-electron chi connectivity index (χ0n) is 15.6. The van der Waals surface area contributed by atoms with Crippen LogP contribution in [-0.4, -0.2) is 36.5 Å². The first kappa shape index (κ1) is 17.4. The molecule has 1 saturated heterocycles. The monoisotopic (exact) mass is 382 g/mol. The van der Waals surface area contributed by atoms with Crippen LogP contribution >= 0.6 is 11.3 Å². The molecule has 2 aliphatic heterocycles. The first-order chi connectivity index (χ1) is 13.2. The largest absolute Gasteiger partial charge is 0.369 e. The predicted octanol–water partition coefficient (Wildman–Crippen LogP) is 3.70. The zero-order valence-corrected chi connectivity index (χ0v) is 16.4. The molecule has 0 unspecified atom stereocenters. The van der Waals surface area contributed by atoms with Crippen LogP contribution in [0.4, 0.5) is 0 Å². The van der Waals surface area contributed by atoms with Crippen molar-refractivity contribution in [3.8, 4) is 0 Å². The lowest BCUT2D eigenvalue weighted by Gasteiger charge is -2.43. The maximum absolute atomic E-state index is 12.5. The Morgan fingerprint density at radius 1 is 1.22 bits per heavy atom. The highest BCUT2D eigenvalue weighted by Gasteiger charge is 2.42. The van der Waals surface area contributed by atoms with Crippen LogP contribution in [0.5, 0.6) is 0 Å². The summed E-state index contributed by atoms with van der Waals surface area (Å²) in [5, 5.41) is 3.13. The number of thiophene rings is 1. The van der Waals surface area contributed by atoms with Gasteiger partial charge in [-0.1, -0.05) is 30.3 Å². The molecule has 4 nitrogen and oxygen atoms in total. The van der Waals surface area contributed by atoms with E-state index in [0.717, 1.165) is 63.2 Å². The number of rotatable bonds is 4. The number of piperidine rings is 1. The van der Waals surface area contributed by atoms with Gasteiger partial charge in [-0.15, -0.1) is 11.3 Å². The van der Waals surface area contributed by atoms with Gasteiger partial charge in [0, 0.05) is 30.6 Å². The number of benzene rings is 1. The Morgan fingerprint density at radius 2 is 2.00 bits per heavy atom. The minimum Gasteiger partial charge on any atom is -0.369 e. The molecule has 1 amide bonds. The summed E-state index contributed by atoms with van der Waals surface area (Å²) >= 11 is 1.67. The third kappa shape index (κ3) is 3.56. The van der Waals surface area contributed by atoms with Gasteiger partial charge in [0.15, 0.2) is 0 Å². The summed E-state index contributed by atoms with van der Waals surface area (Å²) in [7, 11) is 0. The third-order valence-corrected chi connectivity index (χ3v) is 7.38. The fraction of sp³-hybridized carbons (Fsp3) is 0.500. The van der Waals surface area contributed by atoms with Crippen molar-refractivity contribution in [2.45, 2.75) is 50.3 Å². The van der Waals surface area contributed by atoms with E-state index in [0.29, 0.717) is 6.04 Å². The van der Waals surface area contributed by atoms with Gasteiger partial charge in [0.2, 0.25) is 0 Å². The lowest BCUT2D eigenvalue weighted by molar-refractivity contribution is -0.0960. The van der Waals surface area contributed by atoms with Crippen molar-refractivity contribution >= 4 is 17.2 Å². The molecule has 1 N–H and O–H groups in total. The fourth-order valence-electron chi connectivity index (χ4n) is 4.30. The van der Waals surface area contributed by atoms with E-state index in [4.69, 9.17) is 4.74 Å². The average molecular weight is 383 g/mol. The summed E-state index contributed by atoms with van der Waals surface area (Å²) < 4.78 is 6.37. The second-order valence-corrected chi connectivity index (χ2v) is 9.12. The number of likely N-dealkylation sites (tertiary alicyclic amines) is 1. The summed E-state index contributed by atoms with van der Waals surface area (Å²) in [6, 6.07) is 13.2. The number of hydrogen-bond donors (Lipinski definition) is 1. The van der Waals surface area contributed by atoms with E-state index in [-0.39, 0.29) is 11.5 Å². The van der Waals surface area contributed by atoms with Crippen molar-refractivity contribution in [3.63, 3.8) is 0 Å². The van der Waals surface area contributed by atoms with E-state index in [1.807, 2.05) is 0 Å². The summed E-state index contributed by atoms with van der Waals surface area (Å²) in [4.78, 5) is 17.2. The Morgan fingerprint density at radius 3 is 2.74 bits per heavy atom. The molecule has 5 rings (SSSR count). The molecule has 1 saturated carbocycles. The van der Waals surface area contributed by atoms with Crippen molar-refractivity contribution in [1.29, 1.82) is 0 Å². The smallest absolute Gasteiger partial charge is 0.261 e. The van der Waals surface area contributed by atoms with Crippen LogP contribution in [-0.2, 0) is 23.3 Å². The van der Waals surface area contributed by atoms with Gasteiger partial charge in [-0.2, -0.15) is 0 Å². The Bertz CT molecular complexity index is 820. The molecule has 1 aromatic carbocycles. The first-order valence-electron chi connectivity index (χ1n) is 10.1. The predicted molar refractivity (Wildman–Crippen MR) is 107 cm³/mol. The molecule has 2 fully saturated rings. The highest BCUT2D eigenvalue weighted by atomic mass is 32.1. The van der Waals surface area contributed by atoms with Crippen molar-refractivity contribution in [1.82, 2.24) is 10.2 Å². The van der Waals surface area contributed by atoms with Crippen LogP contribution in [0.25, 0.3) is 0 Å². The number of fused-ring (bicyclic) bond motifs is 2. The van der Waals surface area contributed by atoms with Crippen molar-refractivity contribution < 1.29 is 9.53 Å². The number of nitrogens with one attached hydrogen (secondary N) is 1. The van der Waals surface area contributed by atoms with Gasteiger partial charge in [0.05, 0.1) is 11.5 Å². The quantitative estimate of drug-likeness (QED) is 0.877. The van der Waals surface area contributed by atoms with Gasteiger partial charge in [-0.3, -0.25) is 9.69 Å². The van der Waals surface area contributed by atoms with Gasteiger partial charge in [0.1, 0.15) is 5.60 Å². The maximum Gasteiger partial charge on any atom is 0.261 e. The summed E-state index contributed by atoms with van der Waals surface area (Å²) in [6.07, 6.45) is 5.20. The molecule has 0 atom stereocenters. The van der Waals surface area contributed by atoms with E-state index in [1.54, 1.807) is 11.3 Å². The van der Waals surface area contributed by atoms with E-state index < -0.39 is 0 Å². The van der Waals surface area contributed by atoms with Crippen LogP contribution in [0.15, 0.2) is 36.4 Å². The molecule has 5 heteroatoms. The van der Waals surface area contributed by atoms with Crippen LogP contribution in [0.1, 0.15) is 51.4 Å².